The van der Waals surface area contributed by atoms with Crippen LogP contribution < -0.4 is 0 Å². The summed E-state index contributed by atoms with van der Waals surface area (Å²) < 4.78 is 12.0. The zero-order chi connectivity index (χ0) is 20.5. The lowest BCUT2D eigenvalue weighted by Gasteiger charge is -2.42. The molecule has 2 aromatic rings. The average molecular weight is 394 g/mol. The molecule has 2 aliphatic rings. The van der Waals surface area contributed by atoms with Crippen LogP contribution in [0.15, 0.2) is 48.5 Å². The van der Waals surface area contributed by atoms with Gasteiger partial charge < -0.3 is 9.47 Å². The van der Waals surface area contributed by atoms with Gasteiger partial charge in [-0.15, -0.1) is 0 Å². The number of hydrogen-bond donors (Lipinski definition) is 0. The van der Waals surface area contributed by atoms with Crippen molar-refractivity contribution in [2.24, 2.45) is 5.92 Å². The molecule has 29 heavy (non-hydrogen) atoms. The van der Waals surface area contributed by atoms with Gasteiger partial charge in [0.15, 0.2) is 0 Å². The van der Waals surface area contributed by atoms with Gasteiger partial charge in [0.1, 0.15) is 6.10 Å². The Kier molecular flexibility index (Phi) is 5.75. The number of ether oxygens (including phenoxy) is 2. The van der Waals surface area contributed by atoms with E-state index in [1.165, 1.54) is 18.2 Å². The number of hydrogen-bond acceptors (Lipinski definition) is 4. The van der Waals surface area contributed by atoms with Crippen molar-refractivity contribution in [3.05, 3.63) is 70.8 Å². The van der Waals surface area contributed by atoms with Gasteiger partial charge in [-0.1, -0.05) is 59.7 Å². The topological polar surface area (TPSA) is 38.8 Å². The fraction of sp³-hybridized carbons (Fsp3) is 0.480. The summed E-state index contributed by atoms with van der Waals surface area (Å²) in [7, 11) is 3.61. The summed E-state index contributed by atoms with van der Waals surface area (Å²) in [5.41, 5.74) is 4.69. The maximum Gasteiger partial charge on any atom is 0.312 e. The minimum absolute atomic E-state index is 0.149. The van der Waals surface area contributed by atoms with E-state index in [9.17, 15) is 4.79 Å². The van der Waals surface area contributed by atoms with Gasteiger partial charge >= 0.3 is 5.97 Å². The molecule has 0 saturated carbocycles. The lowest BCUT2D eigenvalue weighted by molar-refractivity contribution is -0.162. The fourth-order valence-corrected chi connectivity index (χ4v) is 5.01. The van der Waals surface area contributed by atoms with Crippen molar-refractivity contribution in [3.8, 4) is 0 Å². The maximum absolute atomic E-state index is 12.7. The SMILES string of the molecule is COC(=O)[C@H]1[C@@H](OC(c2ccc(C)cc2)c2ccc(C)cc2)C[C@H]2CC[C@@H]1N2C. The Hall–Kier alpha value is -2.17. The smallest absolute Gasteiger partial charge is 0.312 e. The second-order valence-corrected chi connectivity index (χ2v) is 8.62. The van der Waals surface area contributed by atoms with Crippen molar-refractivity contribution in [2.45, 2.75) is 57.4 Å². The van der Waals surface area contributed by atoms with Crippen molar-refractivity contribution >= 4 is 5.97 Å². The number of esters is 1. The first kappa shape index (κ1) is 20.1. The normalized spacial score (nSPS) is 26.7. The van der Waals surface area contributed by atoms with E-state index in [2.05, 4.69) is 74.3 Å². The summed E-state index contributed by atoms with van der Waals surface area (Å²) in [4.78, 5) is 15.1. The highest BCUT2D eigenvalue weighted by Crippen LogP contribution is 2.42. The van der Waals surface area contributed by atoms with Gasteiger partial charge in [0, 0.05) is 12.1 Å². The highest BCUT2D eigenvalue weighted by Gasteiger charge is 2.50. The van der Waals surface area contributed by atoms with Crippen LogP contribution in [0.1, 0.15) is 47.6 Å². The Balaban J connectivity index is 1.68. The molecule has 2 fully saturated rings. The number of aryl methyl sites for hydroxylation is 2. The summed E-state index contributed by atoms with van der Waals surface area (Å²) in [6.45, 7) is 4.18. The minimum Gasteiger partial charge on any atom is -0.469 e. The molecule has 2 aromatic carbocycles. The van der Waals surface area contributed by atoms with E-state index < -0.39 is 0 Å². The third-order valence-corrected chi connectivity index (χ3v) is 6.76. The zero-order valence-electron chi connectivity index (χ0n) is 17.8. The van der Waals surface area contributed by atoms with Crippen molar-refractivity contribution in [1.82, 2.24) is 4.90 Å². The number of rotatable bonds is 5. The number of fused-ring (bicyclic) bond motifs is 2. The van der Waals surface area contributed by atoms with Crippen LogP contribution >= 0.6 is 0 Å². The lowest BCUT2D eigenvalue weighted by Crippen LogP contribution is -2.53. The van der Waals surface area contributed by atoms with Crippen LogP contribution in [0.5, 0.6) is 0 Å². The van der Waals surface area contributed by atoms with Crippen LogP contribution in [0.25, 0.3) is 0 Å². The molecule has 2 aliphatic heterocycles. The minimum atomic E-state index is -0.248. The van der Waals surface area contributed by atoms with Crippen LogP contribution in [-0.2, 0) is 14.3 Å². The van der Waals surface area contributed by atoms with Gasteiger partial charge in [0.25, 0.3) is 0 Å². The van der Waals surface area contributed by atoms with Crippen molar-refractivity contribution in [1.29, 1.82) is 0 Å². The quantitative estimate of drug-likeness (QED) is 0.705. The van der Waals surface area contributed by atoms with E-state index >= 15 is 0 Å². The molecule has 0 unspecified atom stereocenters. The molecular weight excluding hydrogens is 362 g/mol. The Morgan fingerprint density at radius 2 is 1.52 bits per heavy atom. The van der Waals surface area contributed by atoms with E-state index in [1.54, 1.807) is 0 Å². The third kappa shape index (κ3) is 3.96. The van der Waals surface area contributed by atoms with Gasteiger partial charge in [-0.3, -0.25) is 9.69 Å². The summed E-state index contributed by atoms with van der Waals surface area (Å²) in [6.07, 6.45) is 2.66. The number of benzene rings is 2. The molecular formula is C25H31NO3. The summed E-state index contributed by atoms with van der Waals surface area (Å²) in [5, 5.41) is 0. The first-order chi connectivity index (χ1) is 14.0. The molecule has 154 valence electrons. The van der Waals surface area contributed by atoms with E-state index in [0.717, 1.165) is 30.4 Å². The standard InChI is InChI=1S/C25H31NO3/c1-16-5-9-18(10-6-16)24(19-11-7-17(2)8-12-19)29-22-15-20-13-14-21(26(20)3)23(22)25(27)28-4/h5-12,20-24H,13-15H2,1-4H3/t20-,21+,22+,23-/m1/s1. The van der Waals surface area contributed by atoms with E-state index in [4.69, 9.17) is 9.47 Å². The Morgan fingerprint density at radius 3 is 2.03 bits per heavy atom. The summed E-state index contributed by atoms with van der Waals surface area (Å²) in [5.74, 6) is -0.402. The average Bonchev–Trinajstić information content (AvgIpc) is 2.96. The molecule has 0 aliphatic carbocycles. The largest absolute Gasteiger partial charge is 0.469 e. The zero-order valence-corrected chi connectivity index (χ0v) is 17.8. The molecule has 0 N–H and O–H groups in total. The highest BCUT2D eigenvalue weighted by atomic mass is 16.5. The van der Waals surface area contributed by atoms with E-state index in [-0.39, 0.29) is 30.1 Å². The van der Waals surface area contributed by atoms with Gasteiger partial charge in [0.05, 0.1) is 19.1 Å². The van der Waals surface area contributed by atoms with Crippen LogP contribution in [-0.4, -0.2) is 43.2 Å². The molecule has 4 nitrogen and oxygen atoms in total. The molecule has 0 aromatic heterocycles. The maximum atomic E-state index is 12.7. The monoisotopic (exact) mass is 393 g/mol. The van der Waals surface area contributed by atoms with Crippen LogP contribution in [0, 0.1) is 19.8 Å². The van der Waals surface area contributed by atoms with E-state index in [0.29, 0.717) is 6.04 Å². The molecule has 0 radical (unpaired) electrons. The fourth-order valence-electron chi connectivity index (χ4n) is 5.01. The highest BCUT2D eigenvalue weighted by molar-refractivity contribution is 5.74. The van der Waals surface area contributed by atoms with Crippen molar-refractivity contribution in [2.75, 3.05) is 14.2 Å². The molecule has 2 saturated heterocycles. The van der Waals surface area contributed by atoms with Gasteiger partial charge in [-0.25, -0.2) is 0 Å². The predicted octanol–water partition coefficient (Wildman–Crippen LogP) is 4.43. The molecule has 0 amide bonds. The molecule has 4 atom stereocenters. The molecule has 2 heterocycles. The van der Waals surface area contributed by atoms with Gasteiger partial charge in [0.2, 0.25) is 0 Å². The van der Waals surface area contributed by atoms with Crippen LogP contribution in [0.2, 0.25) is 0 Å². The van der Waals surface area contributed by atoms with Gasteiger partial charge in [-0.2, -0.15) is 0 Å². The van der Waals surface area contributed by atoms with Gasteiger partial charge in [-0.05, 0) is 51.3 Å². The number of nitrogens with zero attached hydrogens (tertiary/aromatic N) is 1. The number of piperidine rings is 1. The molecule has 0 spiro atoms. The number of carbonyl (C=O) groups is 1. The Labute approximate surface area is 173 Å². The Bertz CT molecular complexity index is 800. The first-order valence-electron chi connectivity index (χ1n) is 10.6. The third-order valence-electron chi connectivity index (χ3n) is 6.76. The second kappa shape index (κ2) is 8.29. The predicted molar refractivity (Wildman–Crippen MR) is 114 cm³/mol. The summed E-state index contributed by atoms with van der Waals surface area (Å²) >= 11 is 0. The number of carbonyl (C=O) groups excluding carboxylic acids is 1. The molecule has 4 rings (SSSR count). The molecule has 4 heteroatoms. The Morgan fingerprint density at radius 1 is 0.966 bits per heavy atom. The summed E-state index contributed by atoms with van der Waals surface area (Å²) in [6, 6.07) is 17.7. The van der Waals surface area contributed by atoms with Crippen molar-refractivity contribution < 1.29 is 14.3 Å². The second-order valence-electron chi connectivity index (χ2n) is 8.62. The van der Waals surface area contributed by atoms with Crippen LogP contribution in [0.4, 0.5) is 0 Å². The molecule has 2 bridgehead atoms. The first-order valence-corrected chi connectivity index (χ1v) is 10.6. The van der Waals surface area contributed by atoms with Crippen molar-refractivity contribution in [3.63, 3.8) is 0 Å². The number of methoxy groups -OCH3 is 1. The van der Waals surface area contributed by atoms with E-state index in [1.807, 2.05) is 0 Å². The van der Waals surface area contributed by atoms with Crippen LogP contribution in [0.3, 0.4) is 0 Å². The lowest BCUT2D eigenvalue weighted by atomic mass is 9.87.